The third-order valence-electron chi connectivity index (χ3n) is 2.47. The molecule has 0 amide bonds. The van der Waals surface area contributed by atoms with Crippen LogP contribution in [0.3, 0.4) is 0 Å². The van der Waals surface area contributed by atoms with E-state index in [2.05, 4.69) is 0 Å². The van der Waals surface area contributed by atoms with Crippen LogP contribution in [0.2, 0.25) is 0 Å². The summed E-state index contributed by atoms with van der Waals surface area (Å²) >= 11 is 0. The molecule has 0 saturated carbocycles. The van der Waals surface area contributed by atoms with E-state index in [1.807, 2.05) is 30.3 Å². The van der Waals surface area contributed by atoms with Crippen molar-refractivity contribution in [2.45, 2.75) is 24.9 Å². The van der Waals surface area contributed by atoms with Crippen LogP contribution in [0.25, 0.3) is 0 Å². The molecule has 0 saturated heterocycles. The molecule has 1 aliphatic rings. The molecule has 3 atom stereocenters. The van der Waals surface area contributed by atoms with Crippen LogP contribution in [0, 0.1) is 0 Å². The number of hydrogen-bond acceptors (Lipinski definition) is 3. The predicted molar refractivity (Wildman–Crippen MR) is 56.2 cm³/mol. The fourth-order valence-electron chi connectivity index (χ4n) is 1.57. The second kappa shape index (κ2) is 4.57. The molecule has 80 valence electrons. The molecular weight excluding hydrogens is 192 g/mol. The monoisotopic (exact) mass is 206 g/mol. The van der Waals surface area contributed by atoms with Crippen molar-refractivity contribution in [1.29, 1.82) is 0 Å². The van der Waals surface area contributed by atoms with Gasteiger partial charge in [0.2, 0.25) is 0 Å². The molecule has 1 aromatic rings. The topological polar surface area (TPSA) is 49.7 Å². The van der Waals surface area contributed by atoms with Gasteiger partial charge in [-0.25, -0.2) is 0 Å². The standard InChI is InChI=1S/C12H14O3/c13-10-6-7-11(12(10)14)15-8-9-4-2-1-3-5-9/h1-7,10-14H,8H2. The van der Waals surface area contributed by atoms with Crippen molar-refractivity contribution < 1.29 is 14.9 Å². The summed E-state index contributed by atoms with van der Waals surface area (Å²) in [6, 6.07) is 9.74. The fourth-order valence-corrected chi connectivity index (χ4v) is 1.57. The molecular formula is C12H14O3. The van der Waals surface area contributed by atoms with E-state index in [1.54, 1.807) is 12.2 Å². The lowest BCUT2D eigenvalue weighted by Crippen LogP contribution is -2.31. The van der Waals surface area contributed by atoms with Crippen LogP contribution in [0.4, 0.5) is 0 Å². The van der Waals surface area contributed by atoms with E-state index in [0.717, 1.165) is 5.56 Å². The maximum Gasteiger partial charge on any atom is 0.113 e. The van der Waals surface area contributed by atoms with Gasteiger partial charge in [0.05, 0.1) is 6.61 Å². The van der Waals surface area contributed by atoms with Gasteiger partial charge in [-0.2, -0.15) is 0 Å². The van der Waals surface area contributed by atoms with Crippen LogP contribution in [0.15, 0.2) is 42.5 Å². The van der Waals surface area contributed by atoms with Crippen LogP contribution in [0.5, 0.6) is 0 Å². The van der Waals surface area contributed by atoms with Crippen molar-refractivity contribution >= 4 is 0 Å². The lowest BCUT2D eigenvalue weighted by atomic mass is 10.2. The average Bonchev–Trinajstić information content (AvgIpc) is 2.59. The normalized spacial score (nSPS) is 29.6. The minimum atomic E-state index is -0.839. The highest BCUT2D eigenvalue weighted by atomic mass is 16.5. The van der Waals surface area contributed by atoms with Gasteiger partial charge < -0.3 is 14.9 Å². The van der Waals surface area contributed by atoms with Crippen molar-refractivity contribution in [3.05, 3.63) is 48.0 Å². The molecule has 3 heteroatoms. The number of ether oxygens (including phenoxy) is 1. The Hall–Kier alpha value is -1.16. The summed E-state index contributed by atoms with van der Waals surface area (Å²) < 4.78 is 5.47. The molecule has 0 spiro atoms. The molecule has 0 radical (unpaired) electrons. The van der Waals surface area contributed by atoms with Crippen LogP contribution >= 0.6 is 0 Å². The number of rotatable bonds is 3. The van der Waals surface area contributed by atoms with E-state index in [9.17, 15) is 10.2 Å². The molecule has 0 bridgehead atoms. The first-order chi connectivity index (χ1) is 7.27. The Bertz CT molecular complexity index is 334. The van der Waals surface area contributed by atoms with E-state index >= 15 is 0 Å². The van der Waals surface area contributed by atoms with Crippen LogP contribution in [-0.4, -0.2) is 28.5 Å². The first-order valence-electron chi connectivity index (χ1n) is 4.97. The SMILES string of the molecule is OC1C=CC(OCc2ccccc2)C1O. The van der Waals surface area contributed by atoms with E-state index < -0.39 is 18.3 Å². The largest absolute Gasteiger partial charge is 0.387 e. The van der Waals surface area contributed by atoms with Gasteiger partial charge in [0.1, 0.15) is 18.3 Å². The Morgan fingerprint density at radius 3 is 2.40 bits per heavy atom. The van der Waals surface area contributed by atoms with Crippen LogP contribution in [-0.2, 0) is 11.3 Å². The maximum atomic E-state index is 9.50. The lowest BCUT2D eigenvalue weighted by molar-refractivity contribution is -0.0493. The first kappa shape index (κ1) is 10.4. The van der Waals surface area contributed by atoms with E-state index in [0.29, 0.717) is 6.61 Å². The Morgan fingerprint density at radius 1 is 1.07 bits per heavy atom. The zero-order valence-electron chi connectivity index (χ0n) is 8.28. The smallest absolute Gasteiger partial charge is 0.113 e. The summed E-state index contributed by atoms with van der Waals surface area (Å²) in [5.41, 5.74) is 1.06. The van der Waals surface area contributed by atoms with Crippen molar-refractivity contribution in [3.63, 3.8) is 0 Å². The third-order valence-corrected chi connectivity index (χ3v) is 2.47. The second-order valence-corrected chi connectivity index (χ2v) is 3.63. The number of hydrogen-bond donors (Lipinski definition) is 2. The van der Waals surface area contributed by atoms with Crippen molar-refractivity contribution in [2.24, 2.45) is 0 Å². The van der Waals surface area contributed by atoms with E-state index in [1.165, 1.54) is 0 Å². The van der Waals surface area contributed by atoms with Gasteiger partial charge in [-0.1, -0.05) is 42.5 Å². The molecule has 0 aliphatic heterocycles. The molecule has 0 fully saturated rings. The highest BCUT2D eigenvalue weighted by Crippen LogP contribution is 2.16. The maximum absolute atomic E-state index is 9.50. The van der Waals surface area contributed by atoms with Crippen molar-refractivity contribution in [2.75, 3.05) is 0 Å². The zero-order chi connectivity index (χ0) is 10.7. The Kier molecular flexibility index (Phi) is 3.16. The summed E-state index contributed by atoms with van der Waals surface area (Å²) in [6.45, 7) is 0.444. The van der Waals surface area contributed by atoms with Crippen molar-refractivity contribution in [3.8, 4) is 0 Å². The summed E-state index contributed by atoms with van der Waals surface area (Å²) in [6.07, 6.45) is 1.21. The Morgan fingerprint density at radius 2 is 1.80 bits per heavy atom. The highest BCUT2D eigenvalue weighted by Gasteiger charge is 2.28. The molecule has 2 N–H and O–H groups in total. The number of aliphatic hydroxyl groups is 2. The lowest BCUT2D eigenvalue weighted by Gasteiger charge is -2.17. The zero-order valence-corrected chi connectivity index (χ0v) is 8.28. The minimum absolute atomic E-state index is 0.403. The summed E-state index contributed by atoms with van der Waals surface area (Å²) in [4.78, 5) is 0. The fraction of sp³-hybridized carbons (Fsp3) is 0.333. The molecule has 0 heterocycles. The van der Waals surface area contributed by atoms with Crippen LogP contribution in [0.1, 0.15) is 5.56 Å². The third kappa shape index (κ3) is 2.45. The Labute approximate surface area is 88.6 Å². The summed E-state index contributed by atoms with van der Waals surface area (Å²) in [5.74, 6) is 0. The van der Waals surface area contributed by atoms with E-state index in [4.69, 9.17) is 4.74 Å². The first-order valence-corrected chi connectivity index (χ1v) is 4.97. The molecule has 2 rings (SSSR count). The van der Waals surface area contributed by atoms with Gasteiger partial charge in [-0.3, -0.25) is 0 Å². The molecule has 1 aliphatic carbocycles. The molecule has 3 nitrogen and oxygen atoms in total. The van der Waals surface area contributed by atoms with Crippen LogP contribution < -0.4 is 0 Å². The number of benzene rings is 1. The Balaban J connectivity index is 1.87. The van der Waals surface area contributed by atoms with E-state index in [-0.39, 0.29) is 0 Å². The highest BCUT2D eigenvalue weighted by molar-refractivity contribution is 5.14. The van der Waals surface area contributed by atoms with Gasteiger partial charge in [0.25, 0.3) is 0 Å². The summed E-state index contributed by atoms with van der Waals surface area (Å²) in [7, 11) is 0. The minimum Gasteiger partial charge on any atom is -0.387 e. The molecule has 0 aromatic heterocycles. The predicted octanol–water partition coefficient (Wildman–Crippen LogP) is 0.863. The number of aliphatic hydroxyl groups excluding tert-OH is 2. The van der Waals surface area contributed by atoms with Gasteiger partial charge in [-0.15, -0.1) is 0 Å². The average molecular weight is 206 g/mol. The van der Waals surface area contributed by atoms with Gasteiger partial charge in [0.15, 0.2) is 0 Å². The molecule has 15 heavy (non-hydrogen) atoms. The summed E-state index contributed by atoms with van der Waals surface area (Å²) in [5, 5.41) is 18.7. The second-order valence-electron chi connectivity index (χ2n) is 3.63. The molecule has 1 aromatic carbocycles. The van der Waals surface area contributed by atoms with Crippen molar-refractivity contribution in [1.82, 2.24) is 0 Å². The van der Waals surface area contributed by atoms with Gasteiger partial charge in [-0.05, 0) is 5.56 Å². The molecule has 3 unspecified atom stereocenters. The van der Waals surface area contributed by atoms with Gasteiger partial charge in [0, 0.05) is 0 Å². The van der Waals surface area contributed by atoms with Gasteiger partial charge >= 0.3 is 0 Å². The quantitative estimate of drug-likeness (QED) is 0.721.